The fraction of sp³-hybridized carbons (Fsp3) is 0.391. The first-order valence-corrected chi connectivity index (χ1v) is 11.9. The van der Waals surface area contributed by atoms with Crippen molar-refractivity contribution in [3.63, 3.8) is 0 Å². The predicted molar refractivity (Wildman–Crippen MR) is 120 cm³/mol. The topological polar surface area (TPSA) is 86.8 Å². The molecule has 3 rings (SSSR count). The molecule has 9 heteroatoms. The number of piperidine rings is 1. The van der Waals surface area contributed by atoms with E-state index >= 15 is 0 Å². The minimum absolute atomic E-state index is 0.142. The monoisotopic (exact) mass is 461 g/mol. The molecule has 0 unspecified atom stereocenters. The molecule has 2 aromatic rings. The van der Waals surface area contributed by atoms with Crippen LogP contribution in [0.4, 0.5) is 10.1 Å². The molecule has 0 aliphatic carbocycles. The first-order chi connectivity index (χ1) is 15.1. The van der Waals surface area contributed by atoms with Gasteiger partial charge in [-0.3, -0.25) is 9.59 Å². The number of amides is 2. The zero-order chi connectivity index (χ0) is 23.5. The highest BCUT2D eigenvalue weighted by Gasteiger charge is 2.34. The summed E-state index contributed by atoms with van der Waals surface area (Å²) in [7, 11) is -2.07. The van der Waals surface area contributed by atoms with E-state index in [2.05, 4.69) is 5.32 Å². The Morgan fingerprint density at radius 2 is 1.72 bits per heavy atom. The summed E-state index contributed by atoms with van der Waals surface area (Å²) in [5.41, 5.74) is 2.15. The molecular formula is C23H28FN3O4S. The van der Waals surface area contributed by atoms with Gasteiger partial charge in [0.05, 0.1) is 11.4 Å². The number of anilines is 1. The number of carbonyl (C=O) groups excluding carboxylic acids is 2. The number of carbonyl (C=O) groups is 2. The maximum atomic E-state index is 13.0. The molecular weight excluding hydrogens is 433 g/mol. The van der Waals surface area contributed by atoms with E-state index in [0.717, 1.165) is 5.56 Å². The second-order valence-electron chi connectivity index (χ2n) is 8.20. The van der Waals surface area contributed by atoms with E-state index in [1.165, 1.54) is 33.5 Å². The van der Waals surface area contributed by atoms with E-state index in [-0.39, 0.29) is 37.4 Å². The zero-order valence-corrected chi connectivity index (χ0v) is 19.3. The van der Waals surface area contributed by atoms with Crippen molar-refractivity contribution in [3.8, 4) is 0 Å². The average Bonchev–Trinajstić information content (AvgIpc) is 2.74. The normalized spacial score (nSPS) is 15.4. The molecule has 0 aromatic heterocycles. The summed E-state index contributed by atoms with van der Waals surface area (Å²) in [5.74, 6) is -1.32. The van der Waals surface area contributed by atoms with E-state index < -0.39 is 15.8 Å². The van der Waals surface area contributed by atoms with Gasteiger partial charge in [-0.2, -0.15) is 4.31 Å². The van der Waals surface area contributed by atoms with Crippen LogP contribution in [0.2, 0.25) is 0 Å². The number of rotatable bonds is 6. The molecule has 1 fully saturated rings. The maximum absolute atomic E-state index is 13.0. The van der Waals surface area contributed by atoms with Gasteiger partial charge < -0.3 is 10.2 Å². The summed E-state index contributed by atoms with van der Waals surface area (Å²) in [5, 5.41) is 2.63. The molecule has 7 nitrogen and oxygen atoms in total. The highest BCUT2D eigenvalue weighted by molar-refractivity contribution is 7.89. The van der Waals surface area contributed by atoms with Gasteiger partial charge in [0.25, 0.3) is 0 Å². The van der Waals surface area contributed by atoms with Gasteiger partial charge in [0.1, 0.15) is 5.82 Å². The van der Waals surface area contributed by atoms with Crippen LogP contribution < -0.4 is 5.32 Å². The van der Waals surface area contributed by atoms with Crippen LogP contribution in [0.15, 0.2) is 47.4 Å². The number of sulfonamides is 1. The molecule has 0 radical (unpaired) electrons. The molecule has 32 heavy (non-hydrogen) atoms. The van der Waals surface area contributed by atoms with Gasteiger partial charge in [-0.25, -0.2) is 12.8 Å². The Bertz CT molecular complexity index is 1090. The molecule has 0 bridgehead atoms. The molecule has 2 aromatic carbocycles. The van der Waals surface area contributed by atoms with Crippen molar-refractivity contribution in [1.29, 1.82) is 0 Å². The van der Waals surface area contributed by atoms with Gasteiger partial charge in [-0.05, 0) is 62.6 Å². The van der Waals surface area contributed by atoms with Crippen LogP contribution in [-0.4, -0.2) is 56.1 Å². The molecule has 0 atom stereocenters. The van der Waals surface area contributed by atoms with E-state index in [0.29, 0.717) is 29.0 Å². The molecule has 172 valence electrons. The number of nitrogens with one attached hydrogen (secondary N) is 1. The lowest BCUT2D eigenvalue weighted by molar-refractivity contribution is -0.138. The number of hydrogen-bond acceptors (Lipinski definition) is 4. The van der Waals surface area contributed by atoms with E-state index in [1.54, 1.807) is 26.1 Å². The zero-order valence-electron chi connectivity index (χ0n) is 18.5. The van der Waals surface area contributed by atoms with Crippen molar-refractivity contribution < 1.29 is 22.4 Å². The third-order valence-electron chi connectivity index (χ3n) is 5.64. The van der Waals surface area contributed by atoms with Gasteiger partial charge in [-0.1, -0.05) is 17.7 Å². The van der Waals surface area contributed by atoms with Crippen LogP contribution in [0.5, 0.6) is 0 Å². The van der Waals surface area contributed by atoms with E-state index in [4.69, 9.17) is 0 Å². The van der Waals surface area contributed by atoms with Gasteiger partial charge in [0.2, 0.25) is 21.8 Å². The minimum Gasteiger partial charge on any atom is -0.336 e. The second-order valence-corrected chi connectivity index (χ2v) is 10.1. The van der Waals surface area contributed by atoms with Crippen LogP contribution in [-0.2, 0) is 19.6 Å². The number of halogens is 1. The lowest BCUT2D eigenvalue weighted by Crippen LogP contribution is -2.45. The third kappa shape index (κ3) is 5.52. The Kier molecular flexibility index (Phi) is 7.30. The van der Waals surface area contributed by atoms with Crippen molar-refractivity contribution in [2.45, 2.75) is 31.6 Å². The Morgan fingerprint density at radius 1 is 1.09 bits per heavy atom. The Balaban J connectivity index is 1.55. The Morgan fingerprint density at radius 3 is 2.31 bits per heavy atom. The standard InChI is InChI=1S/C23H28FN3O4S/c1-16-4-9-21(17(2)14-16)32(30,31)27-12-10-18(11-13-27)23(29)26(3)15-22(28)25-20-7-5-19(24)6-8-20/h4-9,14,18H,10-13,15H2,1-3H3,(H,25,28). The van der Waals surface area contributed by atoms with Gasteiger partial charge in [0.15, 0.2) is 0 Å². The van der Waals surface area contributed by atoms with Crippen LogP contribution in [0.1, 0.15) is 24.0 Å². The third-order valence-corrected chi connectivity index (χ3v) is 7.70. The largest absolute Gasteiger partial charge is 0.336 e. The van der Waals surface area contributed by atoms with Crippen LogP contribution in [0.25, 0.3) is 0 Å². The molecule has 1 heterocycles. The maximum Gasteiger partial charge on any atom is 0.243 e. The number of nitrogens with zero attached hydrogens (tertiary/aromatic N) is 2. The van der Waals surface area contributed by atoms with Crippen LogP contribution in [0, 0.1) is 25.6 Å². The van der Waals surface area contributed by atoms with Gasteiger partial charge in [-0.15, -0.1) is 0 Å². The number of aryl methyl sites for hydroxylation is 2. The summed E-state index contributed by atoms with van der Waals surface area (Å²) < 4.78 is 40.4. The number of hydrogen-bond donors (Lipinski definition) is 1. The molecule has 1 saturated heterocycles. The van der Waals surface area contributed by atoms with Crippen LogP contribution in [0.3, 0.4) is 0 Å². The predicted octanol–water partition coefficient (Wildman–Crippen LogP) is 2.94. The molecule has 1 aliphatic heterocycles. The van der Waals surface area contributed by atoms with Crippen molar-refractivity contribution in [2.75, 3.05) is 32.0 Å². The lowest BCUT2D eigenvalue weighted by Gasteiger charge is -2.32. The summed E-state index contributed by atoms with van der Waals surface area (Å²) >= 11 is 0. The fourth-order valence-electron chi connectivity index (χ4n) is 3.91. The van der Waals surface area contributed by atoms with Crippen LogP contribution >= 0.6 is 0 Å². The minimum atomic E-state index is -3.62. The number of likely N-dealkylation sites (N-methyl/N-ethyl adjacent to an activating group) is 1. The second kappa shape index (κ2) is 9.79. The van der Waals surface area contributed by atoms with E-state index in [9.17, 15) is 22.4 Å². The van der Waals surface area contributed by atoms with Gasteiger partial charge >= 0.3 is 0 Å². The quantitative estimate of drug-likeness (QED) is 0.717. The molecule has 0 spiro atoms. The first-order valence-electron chi connectivity index (χ1n) is 10.5. The van der Waals surface area contributed by atoms with Crippen molar-refractivity contribution in [1.82, 2.24) is 9.21 Å². The van der Waals surface area contributed by atoms with E-state index in [1.807, 2.05) is 13.0 Å². The summed E-state index contributed by atoms with van der Waals surface area (Å²) in [6, 6.07) is 10.6. The first kappa shape index (κ1) is 23.9. The van der Waals surface area contributed by atoms with Gasteiger partial charge in [0, 0.05) is 31.7 Å². The Labute approximate surface area is 188 Å². The summed E-state index contributed by atoms with van der Waals surface area (Å²) in [6.45, 7) is 4.06. The Hall–Kier alpha value is -2.78. The van der Waals surface area contributed by atoms with Crippen molar-refractivity contribution in [2.24, 2.45) is 5.92 Å². The summed E-state index contributed by atoms with van der Waals surface area (Å²) in [4.78, 5) is 26.6. The highest BCUT2D eigenvalue weighted by Crippen LogP contribution is 2.27. The average molecular weight is 462 g/mol. The molecule has 1 N–H and O–H groups in total. The highest BCUT2D eigenvalue weighted by atomic mass is 32.2. The molecule has 2 amide bonds. The molecule has 1 aliphatic rings. The lowest BCUT2D eigenvalue weighted by atomic mass is 9.96. The summed E-state index contributed by atoms with van der Waals surface area (Å²) in [6.07, 6.45) is 0.791. The molecule has 0 saturated carbocycles. The SMILES string of the molecule is Cc1ccc(S(=O)(=O)N2CCC(C(=O)N(C)CC(=O)Nc3ccc(F)cc3)CC2)c(C)c1. The van der Waals surface area contributed by atoms with Crippen molar-refractivity contribution >= 4 is 27.5 Å². The smallest absolute Gasteiger partial charge is 0.243 e. The fourth-order valence-corrected chi connectivity index (χ4v) is 5.59. The van der Waals surface area contributed by atoms with Crippen molar-refractivity contribution in [3.05, 3.63) is 59.4 Å². The number of benzene rings is 2.